The van der Waals surface area contributed by atoms with Crippen molar-refractivity contribution in [3.05, 3.63) is 82.2 Å². The van der Waals surface area contributed by atoms with Crippen molar-refractivity contribution in [1.82, 2.24) is 5.32 Å². The summed E-state index contributed by atoms with van der Waals surface area (Å²) in [4.78, 5) is 14.8. The summed E-state index contributed by atoms with van der Waals surface area (Å²) in [6, 6.07) is 21.7. The molecule has 0 spiro atoms. The number of nitrogens with one attached hydrogen (secondary N) is 1. The Kier molecular flexibility index (Phi) is 5.24. The molecule has 2 aliphatic rings. The fraction of sp³-hybridized carbons (Fsp3) is 0.346. The molecule has 5 rings (SSSR count). The van der Waals surface area contributed by atoms with Crippen molar-refractivity contribution in [1.29, 1.82) is 0 Å². The second-order valence-electron chi connectivity index (χ2n) is 8.38. The average molecular weight is 402 g/mol. The maximum absolute atomic E-state index is 12.8. The summed E-state index contributed by atoms with van der Waals surface area (Å²) in [7, 11) is 0. The van der Waals surface area contributed by atoms with Gasteiger partial charge in [0.2, 0.25) is 0 Å². The fourth-order valence-corrected chi connectivity index (χ4v) is 5.82. The van der Waals surface area contributed by atoms with E-state index >= 15 is 0 Å². The van der Waals surface area contributed by atoms with E-state index in [1.807, 2.05) is 6.07 Å². The van der Waals surface area contributed by atoms with E-state index in [2.05, 4.69) is 59.9 Å². The third-order valence-electron chi connectivity index (χ3n) is 6.54. The van der Waals surface area contributed by atoms with Gasteiger partial charge in [-0.15, -0.1) is 11.3 Å². The zero-order valence-electron chi connectivity index (χ0n) is 16.7. The van der Waals surface area contributed by atoms with Crippen LogP contribution in [0.5, 0.6) is 0 Å². The Hall–Kier alpha value is -2.39. The molecule has 0 radical (unpaired) electrons. The van der Waals surface area contributed by atoms with E-state index in [1.54, 1.807) is 11.3 Å². The lowest BCUT2D eigenvalue weighted by Crippen LogP contribution is -2.26. The number of carbonyl (C=O) groups is 1. The Morgan fingerprint density at radius 1 is 0.862 bits per heavy atom. The highest BCUT2D eigenvalue weighted by molar-refractivity contribution is 7.17. The van der Waals surface area contributed by atoms with Gasteiger partial charge >= 0.3 is 0 Å². The van der Waals surface area contributed by atoms with Crippen molar-refractivity contribution in [2.24, 2.45) is 0 Å². The molecule has 2 aromatic carbocycles. The highest BCUT2D eigenvalue weighted by atomic mass is 32.1. The Labute approximate surface area is 177 Å². The molecule has 0 unspecified atom stereocenters. The van der Waals surface area contributed by atoms with Gasteiger partial charge in [0, 0.05) is 4.88 Å². The van der Waals surface area contributed by atoms with E-state index in [1.165, 1.54) is 54.4 Å². The molecule has 3 heteroatoms. The molecule has 2 aliphatic carbocycles. The number of amides is 1. The first kappa shape index (κ1) is 18.6. The van der Waals surface area contributed by atoms with Gasteiger partial charge in [-0.1, -0.05) is 67.8 Å². The number of fused-ring (bicyclic) bond motifs is 1. The van der Waals surface area contributed by atoms with Crippen LogP contribution in [0.2, 0.25) is 0 Å². The van der Waals surface area contributed by atoms with E-state index in [9.17, 15) is 4.79 Å². The molecular weight excluding hydrogens is 374 g/mol. The number of rotatable bonds is 4. The highest BCUT2D eigenvalue weighted by Crippen LogP contribution is 2.35. The average Bonchev–Trinajstić information content (AvgIpc) is 3.43. The summed E-state index contributed by atoms with van der Waals surface area (Å²) in [6.07, 6.45) is 8.81. The Morgan fingerprint density at radius 2 is 1.66 bits per heavy atom. The van der Waals surface area contributed by atoms with Crippen molar-refractivity contribution in [3.63, 3.8) is 0 Å². The van der Waals surface area contributed by atoms with Gasteiger partial charge in [-0.25, -0.2) is 0 Å². The van der Waals surface area contributed by atoms with Crippen molar-refractivity contribution in [2.45, 2.75) is 56.9 Å². The molecular formula is C26H27NOS. The molecule has 3 aromatic rings. The van der Waals surface area contributed by atoms with E-state index in [-0.39, 0.29) is 11.9 Å². The number of hydrogen-bond donors (Lipinski definition) is 1. The van der Waals surface area contributed by atoms with Crippen molar-refractivity contribution < 1.29 is 4.79 Å². The van der Waals surface area contributed by atoms with Crippen molar-refractivity contribution in [3.8, 4) is 10.4 Å². The van der Waals surface area contributed by atoms with Gasteiger partial charge in [-0.2, -0.15) is 0 Å². The highest BCUT2D eigenvalue weighted by Gasteiger charge is 2.24. The number of hydrogen-bond acceptors (Lipinski definition) is 2. The monoisotopic (exact) mass is 401 g/mol. The lowest BCUT2D eigenvalue weighted by molar-refractivity contribution is 0.0941. The Balaban J connectivity index is 1.27. The number of aryl methyl sites for hydroxylation is 1. The molecule has 0 bridgehead atoms. The third kappa shape index (κ3) is 3.89. The summed E-state index contributed by atoms with van der Waals surface area (Å²) in [5.41, 5.74) is 5.32. The molecule has 1 amide bonds. The predicted molar refractivity (Wildman–Crippen MR) is 121 cm³/mol. The third-order valence-corrected chi connectivity index (χ3v) is 7.67. The standard InChI is InChI=1S/C26H27NOS/c28-26(27-23-15-14-20-8-4-5-9-22(20)23)25-17-16-24(29-25)21-12-10-19(11-13-21)18-6-2-1-3-7-18/h4-5,8-13,16-18,23H,1-3,6-7,14-15H2,(H,27,28)/t23-/m0/s1. The molecule has 0 saturated heterocycles. The maximum atomic E-state index is 12.8. The second-order valence-corrected chi connectivity index (χ2v) is 9.47. The van der Waals surface area contributed by atoms with E-state index in [0.717, 1.165) is 28.5 Å². The van der Waals surface area contributed by atoms with Gasteiger partial charge in [-0.05, 0) is 66.0 Å². The quantitative estimate of drug-likeness (QED) is 0.507. The predicted octanol–water partition coefficient (Wildman–Crippen LogP) is 6.88. The molecule has 1 fully saturated rings. The molecule has 29 heavy (non-hydrogen) atoms. The van der Waals surface area contributed by atoms with Crippen LogP contribution in [0.3, 0.4) is 0 Å². The topological polar surface area (TPSA) is 29.1 Å². The molecule has 2 nitrogen and oxygen atoms in total. The summed E-state index contributed by atoms with van der Waals surface area (Å²) < 4.78 is 0. The van der Waals surface area contributed by atoms with Crippen LogP contribution < -0.4 is 5.32 Å². The molecule has 1 saturated carbocycles. The Bertz CT molecular complexity index is 998. The number of benzene rings is 2. The summed E-state index contributed by atoms with van der Waals surface area (Å²) in [5, 5.41) is 3.24. The summed E-state index contributed by atoms with van der Waals surface area (Å²) >= 11 is 1.59. The van der Waals surface area contributed by atoms with Gasteiger partial charge in [0.25, 0.3) is 5.91 Å². The summed E-state index contributed by atoms with van der Waals surface area (Å²) in [6.45, 7) is 0. The number of carbonyl (C=O) groups excluding carboxylic acids is 1. The van der Waals surface area contributed by atoms with Gasteiger partial charge < -0.3 is 5.32 Å². The first-order valence-electron chi connectivity index (χ1n) is 10.9. The molecule has 148 valence electrons. The van der Waals surface area contributed by atoms with Crippen LogP contribution in [0.1, 0.15) is 76.8 Å². The minimum absolute atomic E-state index is 0.0433. The van der Waals surface area contributed by atoms with Crippen LogP contribution in [-0.4, -0.2) is 5.91 Å². The minimum Gasteiger partial charge on any atom is -0.345 e. The van der Waals surface area contributed by atoms with Crippen LogP contribution >= 0.6 is 11.3 Å². The smallest absolute Gasteiger partial charge is 0.261 e. The summed E-state index contributed by atoms with van der Waals surface area (Å²) in [5.74, 6) is 0.776. The normalized spacial score (nSPS) is 19.1. The molecule has 1 N–H and O–H groups in total. The largest absolute Gasteiger partial charge is 0.345 e. The van der Waals surface area contributed by atoms with Gasteiger partial charge in [0.15, 0.2) is 0 Å². The van der Waals surface area contributed by atoms with Crippen molar-refractivity contribution in [2.75, 3.05) is 0 Å². The second kappa shape index (κ2) is 8.16. The van der Waals surface area contributed by atoms with Crippen LogP contribution in [0.25, 0.3) is 10.4 Å². The molecule has 0 aliphatic heterocycles. The van der Waals surface area contributed by atoms with Crippen LogP contribution in [0, 0.1) is 0 Å². The zero-order chi connectivity index (χ0) is 19.6. The first-order chi connectivity index (χ1) is 14.3. The van der Waals surface area contributed by atoms with E-state index in [0.29, 0.717) is 0 Å². The first-order valence-corrected chi connectivity index (χ1v) is 11.7. The van der Waals surface area contributed by atoms with Gasteiger partial charge in [-0.3, -0.25) is 4.79 Å². The van der Waals surface area contributed by atoms with Crippen LogP contribution in [-0.2, 0) is 6.42 Å². The van der Waals surface area contributed by atoms with Crippen LogP contribution in [0.15, 0.2) is 60.7 Å². The maximum Gasteiger partial charge on any atom is 0.261 e. The lowest BCUT2D eigenvalue weighted by atomic mass is 9.84. The fourth-order valence-electron chi connectivity index (χ4n) is 4.91. The van der Waals surface area contributed by atoms with Crippen molar-refractivity contribution >= 4 is 17.2 Å². The minimum atomic E-state index is 0.0433. The van der Waals surface area contributed by atoms with E-state index < -0.39 is 0 Å². The van der Waals surface area contributed by atoms with Crippen LogP contribution in [0.4, 0.5) is 0 Å². The van der Waals surface area contributed by atoms with E-state index in [4.69, 9.17) is 0 Å². The van der Waals surface area contributed by atoms with Gasteiger partial charge in [0.05, 0.1) is 10.9 Å². The molecule has 1 heterocycles. The number of thiophene rings is 1. The van der Waals surface area contributed by atoms with Gasteiger partial charge in [0.1, 0.15) is 0 Å². The lowest BCUT2D eigenvalue weighted by Gasteiger charge is -2.22. The zero-order valence-corrected chi connectivity index (χ0v) is 17.5. The Morgan fingerprint density at radius 3 is 2.48 bits per heavy atom. The molecule has 1 atom stereocenters. The molecule has 1 aromatic heterocycles. The SMILES string of the molecule is O=C(N[C@H]1CCc2ccccc21)c1ccc(-c2ccc(C3CCCCC3)cc2)s1.